The van der Waals surface area contributed by atoms with Crippen LogP contribution in [0, 0.1) is 0 Å². The first-order valence-corrected chi connectivity index (χ1v) is 11.0. The Hall–Kier alpha value is -4.01. The van der Waals surface area contributed by atoms with Crippen LogP contribution in [0.1, 0.15) is 40.0 Å². The number of halogens is 1. The Kier molecular flexibility index (Phi) is 5.39. The van der Waals surface area contributed by atoms with Crippen LogP contribution >= 0.6 is 0 Å². The number of hydrogen-bond donors (Lipinski definition) is 2. The zero-order valence-corrected chi connectivity index (χ0v) is 18.6. The summed E-state index contributed by atoms with van der Waals surface area (Å²) in [4.78, 5) is 46.2. The average Bonchev–Trinajstić information content (AvgIpc) is 3.50. The highest BCUT2D eigenvalue weighted by atomic mass is 19.1. The number of H-pyrrole nitrogens is 1. The number of nitrogens with one attached hydrogen (secondary N) is 2. The fourth-order valence-corrected chi connectivity index (χ4v) is 4.25. The summed E-state index contributed by atoms with van der Waals surface area (Å²) >= 11 is 0. The van der Waals surface area contributed by atoms with Gasteiger partial charge in [0.2, 0.25) is 0 Å². The molecule has 2 aliphatic rings. The molecule has 9 heteroatoms. The van der Waals surface area contributed by atoms with Gasteiger partial charge in [0.25, 0.3) is 5.91 Å². The molecule has 1 aliphatic carbocycles. The molecule has 5 rings (SSSR count). The summed E-state index contributed by atoms with van der Waals surface area (Å²) in [5.41, 5.74) is 2.55. The second kappa shape index (κ2) is 8.40. The molecule has 1 saturated carbocycles. The summed E-state index contributed by atoms with van der Waals surface area (Å²) < 4.78 is 18.9. The normalized spacial score (nSPS) is 16.1. The number of alkyl halides is 1. The van der Waals surface area contributed by atoms with Crippen molar-refractivity contribution >= 4 is 23.6 Å². The number of pyridine rings is 1. The number of fused-ring (bicyclic) bond motifs is 1. The van der Waals surface area contributed by atoms with Gasteiger partial charge in [-0.15, -0.1) is 0 Å². The molecule has 1 aromatic carbocycles. The summed E-state index contributed by atoms with van der Waals surface area (Å²) in [6.07, 6.45) is 1.86. The number of ketones is 1. The fourth-order valence-electron chi connectivity index (χ4n) is 4.25. The Balaban J connectivity index is 1.55. The lowest BCUT2D eigenvalue weighted by Gasteiger charge is -2.25. The molecule has 2 N–H and O–H groups in total. The molecule has 174 valence electrons. The van der Waals surface area contributed by atoms with Crippen molar-refractivity contribution in [2.75, 3.05) is 19.0 Å². The summed E-state index contributed by atoms with van der Waals surface area (Å²) in [5.74, 6) is -0.653. The molecule has 3 heterocycles. The standard InChI is InChI=1S/C25H23FN4O4/c1-34-24(33)30-13-18-21(19(31)14-30)17(11-15-5-3-2-4-6-15)22(28-18)16-7-10-27-20(12-16)29-23(32)25(26)8-9-25/h2-7,10,12,28H,8-9,11,13-14H2,1H3,(H,27,29,32). The van der Waals surface area contributed by atoms with E-state index in [-0.39, 0.29) is 37.5 Å². The number of hydrogen-bond acceptors (Lipinski definition) is 5. The van der Waals surface area contributed by atoms with Gasteiger partial charge in [0.15, 0.2) is 11.5 Å². The van der Waals surface area contributed by atoms with Crippen LogP contribution in [0.15, 0.2) is 48.7 Å². The van der Waals surface area contributed by atoms with E-state index in [0.29, 0.717) is 28.9 Å². The monoisotopic (exact) mass is 462 g/mol. The van der Waals surface area contributed by atoms with Crippen molar-refractivity contribution in [1.82, 2.24) is 14.9 Å². The van der Waals surface area contributed by atoms with Crippen LogP contribution in [-0.4, -0.2) is 52.0 Å². The average molecular weight is 462 g/mol. The second-order valence-electron chi connectivity index (χ2n) is 8.59. The number of benzene rings is 1. The molecule has 0 saturated heterocycles. The van der Waals surface area contributed by atoms with Gasteiger partial charge in [-0.05, 0) is 36.1 Å². The Bertz CT molecular complexity index is 1280. The third-order valence-electron chi connectivity index (χ3n) is 6.19. The van der Waals surface area contributed by atoms with Crippen LogP contribution in [0.25, 0.3) is 11.3 Å². The minimum Gasteiger partial charge on any atom is -0.453 e. The molecule has 8 nitrogen and oxygen atoms in total. The first-order chi connectivity index (χ1) is 16.4. The van der Waals surface area contributed by atoms with Gasteiger partial charge in [-0.25, -0.2) is 14.2 Å². The zero-order valence-electron chi connectivity index (χ0n) is 18.6. The van der Waals surface area contributed by atoms with Gasteiger partial charge in [-0.1, -0.05) is 30.3 Å². The summed E-state index contributed by atoms with van der Waals surface area (Å²) in [6, 6.07) is 13.1. The van der Waals surface area contributed by atoms with Crippen molar-refractivity contribution < 1.29 is 23.5 Å². The van der Waals surface area contributed by atoms with Crippen LogP contribution < -0.4 is 5.32 Å². The number of nitrogens with zero attached hydrogens (tertiary/aromatic N) is 2. The number of methoxy groups -OCH3 is 1. The molecule has 0 bridgehead atoms. The largest absolute Gasteiger partial charge is 0.453 e. The molecule has 0 atom stereocenters. The SMILES string of the molecule is COC(=O)N1CC(=O)c2c([nH]c(-c3ccnc(NC(=O)C4(F)CC4)c3)c2Cc2ccccc2)C1. The highest BCUT2D eigenvalue weighted by Gasteiger charge is 2.51. The number of carbonyl (C=O) groups is 3. The van der Waals surface area contributed by atoms with Crippen molar-refractivity contribution in [1.29, 1.82) is 0 Å². The maximum Gasteiger partial charge on any atom is 0.410 e. The number of carbonyl (C=O) groups excluding carboxylic acids is 3. The van der Waals surface area contributed by atoms with Crippen molar-refractivity contribution in [2.24, 2.45) is 0 Å². The predicted molar refractivity (Wildman–Crippen MR) is 122 cm³/mol. The van der Waals surface area contributed by atoms with Gasteiger partial charge < -0.3 is 15.0 Å². The lowest BCUT2D eigenvalue weighted by atomic mass is 9.94. The molecule has 34 heavy (non-hydrogen) atoms. The third kappa shape index (κ3) is 4.05. The molecule has 1 fully saturated rings. The molecule has 2 aromatic heterocycles. The number of rotatable bonds is 5. The summed E-state index contributed by atoms with van der Waals surface area (Å²) in [5, 5.41) is 2.55. The van der Waals surface area contributed by atoms with Crippen LogP contribution in [0.3, 0.4) is 0 Å². The third-order valence-corrected chi connectivity index (χ3v) is 6.19. The molecule has 0 radical (unpaired) electrons. The van der Waals surface area contributed by atoms with Gasteiger partial charge in [0, 0.05) is 29.4 Å². The van der Waals surface area contributed by atoms with E-state index in [1.54, 1.807) is 12.1 Å². The smallest absolute Gasteiger partial charge is 0.410 e. The molecular weight excluding hydrogens is 439 g/mol. The quantitative estimate of drug-likeness (QED) is 0.599. The molecule has 0 spiro atoms. The molecule has 0 unspecified atom stereocenters. The van der Waals surface area contributed by atoms with Crippen LogP contribution in [0.5, 0.6) is 0 Å². The minimum atomic E-state index is -1.81. The van der Waals surface area contributed by atoms with Gasteiger partial charge in [0.1, 0.15) is 5.82 Å². The molecule has 1 aliphatic heterocycles. The van der Waals surface area contributed by atoms with E-state index >= 15 is 0 Å². The maximum absolute atomic E-state index is 14.1. The van der Waals surface area contributed by atoms with E-state index in [9.17, 15) is 18.8 Å². The number of Topliss-reactive ketones (excluding diaryl/α,β-unsaturated/α-hetero) is 1. The number of aromatic amines is 1. The Morgan fingerprint density at radius 2 is 1.97 bits per heavy atom. The zero-order chi connectivity index (χ0) is 23.9. The highest BCUT2D eigenvalue weighted by Crippen LogP contribution is 2.41. The highest BCUT2D eigenvalue weighted by molar-refractivity contribution is 6.04. The second-order valence-corrected chi connectivity index (χ2v) is 8.59. The lowest BCUT2D eigenvalue weighted by Crippen LogP contribution is -2.39. The number of ether oxygens (including phenoxy) is 1. The fraction of sp³-hybridized carbons (Fsp3) is 0.280. The van der Waals surface area contributed by atoms with Gasteiger partial charge in [0.05, 0.1) is 25.9 Å². The topological polar surface area (TPSA) is 104 Å². The number of anilines is 1. The first kappa shape index (κ1) is 21.8. The van der Waals surface area contributed by atoms with E-state index in [2.05, 4.69) is 15.3 Å². The molecular formula is C25H23FN4O4. The van der Waals surface area contributed by atoms with Crippen molar-refractivity contribution in [3.63, 3.8) is 0 Å². The molecule has 2 amide bonds. The van der Waals surface area contributed by atoms with Crippen molar-refractivity contribution in [3.05, 3.63) is 71.0 Å². The Morgan fingerprint density at radius 3 is 2.68 bits per heavy atom. The predicted octanol–water partition coefficient (Wildman–Crippen LogP) is 3.87. The minimum absolute atomic E-state index is 0.0744. The number of amides is 2. The van der Waals surface area contributed by atoms with Gasteiger partial charge >= 0.3 is 6.09 Å². The Morgan fingerprint density at radius 1 is 1.21 bits per heavy atom. The van der Waals surface area contributed by atoms with E-state index in [1.165, 1.54) is 18.2 Å². The van der Waals surface area contributed by atoms with Gasteiger partial charge in [-0.2, -0.15) is 0 Å². The van der Waals surface area contributed by atoms with E-state index in [4.69, 9.17) is 4.74 Å². The molecule has 3 aromatic rings. The van der Waals surface area contributed by atoms with Crippen LogP contribution in [-0.2, 0) is 22.5 Å². The number of aromatic nitrogens is 2. The first-order valence-electron chi connectivity index (χ1n) is 11.0. The van der Waals surface area contributed by atoms with E-state index < -0.39 is 17.7 Å². The maximum atomic E-state index is 14.1. The van der Waals surface area contributed by atoms with Crippen LogP contribution in [0.4, 0.5) is 15.0 Å². The van der Waals surface area contributed by atoms with Crippen molar-refractivity contribution in [2.45, 2.75) is 31.5 Å². The Labute approximate surface area is 195 Å². The van der Waals surface area contributed by atoms with Crippen LogP contribution in [0.2, 0.25) is 0 Å². The van der Waals surface area contributed by atoms with Gasteiger partial charge in [-0.3, -0.25) is 14.5 Å². The van der Waals surface area contributed by atoms with E-state index in [0.717, 1.165) is 11.1 Å². The lowest BCUT2D eigenvalue weighted by molar-refractivity contribution is -0.122. The van der Waals surface area contributed by atoms with Crippen molar-refractivity contribution in [3.8, 4) is 11.3 Å². The summed E-state index contributed by atoms with van der Waals surface area (Å²) in [6.45, 7) is 0.129. The summed E-state index contributed by atoms with van der Waals surface area (Å²) in [7, 11) is 1.28. The van der Waals surface area contributed by atoms with E-state index in [1.807, 2.05) is 30.3 Å².